The molecule has 0 bridgehead atoms. The fourth-order valence-corrected chi connectivity index (χ4v) is 1.21. The zero-order valence-corrected chi connectivity index (χ0v) is 9.09. The first-order chi connectivity index (χ1) is 8.28. The Hall–Kier alpha value is -1.64. The molecule has 9 heteroatoms. The summed E-state index contributed by atoms with van der Waals surface area (Å²) in [4.78, 5) is 3.32. The third-order valence-corrected chi connectivity index (χ3v) is 1.90. The highest BCUT2D eigenvalue weighted by atomic mass is 19.4. The Morgan fingerprint density at radius 2 is 1.94 bits per heavy atom. The van der Waals surface area contributed by atoms with E-state index in [-0.39, 0.29) is 0 Å². The molecule has 0 fully saturated rings. The van der Waals surface area contributed by atoms with Gasteiger partial charge in [0.05, 0.1) is 12.8 Å². The van der Waals surface area contributed by atoms with E-state index in [4.69, 9.17) is 5.73 Å². The normalized spacial score (nSPS) is 11.8. The molecule has 1 aromatic rings. The van der Waals surface area contributed by atoms with Crippen LogP contribution < -0.4 is 15.2 Å². The zero-order valence-electron chi connectivity index (χ0n) is 9.09. The third kappa shape index (κ3) is 3.42. The van der Waals surface area contributed by atoms with Gasteiger partial charge in [-0.3, -0.25) is 0 Å². The molecule has 0 spiro atoms. The van der Waals surface area contributed by atoms with Crippen LogP contribution in [0.4, 0.5) is 22.0 Å². The van der Waals surface area contributed by atoms with Gasteiger partial charge in [0.2, 0.25) is 0 Å². The van der Waals surface area contributed by atoms with Gasteiger partial charge in [0, 0.05) is 12.6 Å². The first-order valence-corrected chi connectivity index (χ1v) is 4.60. The van der Waals surface area contributed by atoms with Crippen molar-refractivity contribution in [3.63, 3.8) is 0 Å². The summed E-state index contributed by atoms with van der Waals surface area (Å²) in [6, 6.07) is 0.685. The quantitative estimate of drug-likeness (QED) is 0.855. The standard InChI is InChI=1S/C9H9F5N2O2/c1-17-6-2-5(18-9(12,13)14)4(3-15)16-7(6)8(10)11/h2,8H,3,15H2,1H3. The van der Waals surface area contributed by atoms with E-state index in [0.717, 1.165) is 7.11 Å². The smallest absolute Gasteiger partial charge is 0.494 e. The number of halogens is 5. The number of hydrogen-bond acceptors (Lipinski definition) is 4. The van der Waals surface area contributed by atoms with Crippen LogP contribution in [0.3, 0.4) is 0 Å². The fraction of sp³-hybridized carbons (Fsp3) is 0.444. The van der Waals surface area contributed by atoms with Crippen molar-refractivity contribution in [3.8, 4) is 11.5 Å². The summed E-state index contributed by atoms with van der Waals surface area (Å²) in [6.07, 6.45) is -7.96. The summed E-state index contributed by atoms with van der Waals surface area (Å²) in [6.45, 7) is -0.477. The molecule has 0 aliphatic rings. The number of nitrogens with two attached hydrogens (primary N) is 1. The Bertz CT molecular complexity index is 422. The number of ether oxygens (including phenoxy) is 2. The SMILES string of the molecule is COc1cc(OC(F)(F)F)c(CN)nc1C(F)F. The molecular weight excluding hydrogens is 263 g/mol. The summed E-state index contributed by atoms with van der Waals surface area (Å²) < 4.78 is 69.5. The molecule has 18 heavy (non-hydrogen) atoms. The van der Waals surface area contributed by atoms with E-state index in [1.54, 1.807) is 0 Å². The number of methoxy groups -OCH3 is 1. The lowest BCUT2D eigenvalue weighted by Crippen LogP contribution is -2.20. The average molecular weight is 272 g/mol. The molecule has 0 aromatic carbocycles. The predicted molar refractivity (Wildman–Crippen MR) is 50.3 cm³/mol. The first kappa shape index (κ1) is 14.4. The summed E-state index contributed by atoms with van der Waals surface area (Å²) in [5.74, 6) is -1.26. The van der Waals surface area contributed by atoms with Gasteiger partial charge in [-0.25, -0.2) is 13.8 Å². The van der Waals surface area contributed by atoms with E-state index in [9.17, 15) is 22.0 Å². The van der Waals surface area contributed by atoms with Crippen molar-refractivity contribution < 1.29 is 31.4 Å². The molecule has 4 nitrogen and oxygen atoms in total. The second kappa shape index (κ2) is 5.34. The molecule has 0 radical (unpaired) electrons. The lowest BCUT2D eigenvalue weighted by Gasteiger charge is -2.15. The van der Waals surface area contributed by atoms with Crippen LogP contribution in [0.25, 0.3) is 0 Å². The molecule has 2 N–H and O–H groups in total. The minimum absolute atomic E-state index is 0.427. The van der Waals surface area contributed by atoms with Gasteiger partial charge < -0.3 is 15.2 Å². The molecule has 1 heterocycles. The van der Waals surface area contributed by atoms with Crippen LogP contribution in [0.5, 0.6) is 11.5 Å². The monoisotopic (exact) mass is 272 g/mol. The number of rotatable bonds is 4. The van der Waals surface area contributed by atoms with E-state index in [0.29, 0.717) is 6.07 Å². The summed E-state index contributed by atoms with van der Waals surface area (Å²) >= 11 is 0. The highest BCUT2D eigenvalue weighted by Crippen LogP contribution is 2.34. The third-order valence-electron chi connectivity index (χ3n) is 1.90. The van der Waals surface area contributed by atoms with Crippen molar-refractivity contribution >= 4 is 0 Å². The maximum Gasteiger partial charge on any atom is 0.573 e. The van der Waals surface area contributed by atoms with E-state index < -0.39 is 42.2 Å². The van der Waals surface area contributed by atoms with Gasteiger partial charge in [-0.15, -0.1) is 13.2 Å². The Labute approximate surface area is 98.5 Å². The van der Waals surface area contributed by atoms with Crippen molar-refractivity contribution in [3.05, 3.63) is 17.5 Å². The van der Waals surface area contributed by atoms with E-state index in [2.05, 4.69) is 14.5 Å². The summed E-state index contributed by atoms with van der Waals surface area (Å²) in [7, 11) is 1.03. The Morgan fingerprint density at radius 3 is 2.33 bits per heavy atom. The average Bonchev–Trinajstić information content (AvgIpc) is 2.25. The largest absolute Gasteiger partial charge is 0.573 e. The zero-order chi connectivity index (χ0) is 13.9. The molecule has 0 aliphatic heterocycles. The maximum absolute atomic E-state index is 12.6. The number of hydrogen-bond donors (Lipinski definition) is 1. The lowest BCUT2D eigenvalue weighted by molar-refractivity contribution is -0.275. The first-order valence-electron chi connectivity index (χ1n) is 4.60. The van der Waals surface area contributed by atoms with Crippen LogP contribution >= 0.6 is 0 Å². The minimum Gasteiger partial charge on any atom is -0.494 e. The molecule has 0 unspecified atom stereocenters. The Balaban J connectivity index is 3.26. The second-order valence-electron chi connectivity index (χ2n) is 3.07. The van der Waals surface area contributed by atoms with Gasteiger partial charge in [0.1, 0.15) is 11.4 Å². The van der Waals surface area contributed by atoms with Gasteiger partial charge in [-0.2, -0.15) is 0 Å². The molecule has 0 saturated heterocycles. The summed E-state index contributed by atoms with van der Waals surface area (Å²) in [5.41, 5.74) is 3.92. The highest BCUT2D eigenvalue weighted by molar-refractivity contribution is 5.40. The van der Waals surface area contributed by atoms with Gasteiger partial charge in [0.15, 0.2) is 5.75 Å². The second-order valence-corrected chi connectivity index (χ2v) is 3.07. The number of nitrogens with zero attached hydrogens (tertiary/aromatic N) is 1. The fourth-order valence-electron chi connectivity index (χ4n) is 1.21. The molecule has 1 aromatic heterocycles. The molecule has 0 atom stereocenters. The van der Waals surface area contributed by atoms with Crippen molar-refractivity contribution in [2.75, 3.05) is 7.11 Å². The van der Waals surface area contributed by atoms with E-state index >= 15 is 0 Å². The molecule has 0 amide bonds. The van der Waals surface area contributed by atoms with Crippen molar-refractivity contribution in [2.45, 2.75) is 19.3 Å². The van der Waals surface area contributed by atoms with Crippen LogP contribution in [-0.2, 0) is 6.54 Å². The van der Waals surface area contributed by atoms with Crippen LogP contribution in [0, 0.1) is 0 Å². The van der Waals surface area contributed by atoms with Crippen LogP contribution in [0.15, 0.2) is 6.07 Å². The minimum atomic E-state index is -4.97. The molecule has 0 aliphatic carbocycles. The number of alkyl halides is 5. The van der Waals surface area contributed by atoms with Crippen molar-refractivity contribution in [1.82, 2.24) is 4.98 Å². The van der Waals surface area contributed by atoms with E-state index in [1.165, 1.54) is 0 Å². The van der Waals surface area contributed by atoms with Crippen LogP contribution in [0.1, 0.15) is 17.8 Å². The Kier molecular flexibility index (Phi) is 4.28. The van der Waals surface area contributed by atoms with Gasteiger partial charge in [-0.1, -0.05) is 0 Å². The number of aromatic nitrogens is 1. The molecule has 102 valence electrons. The number of pyridine rings is 1. The topological polar surface area (TPSA) is 57.4 Å². The summed E-state index contributed by atoms with van der Waals surface area (Å²) in [5, 5.41) is 0. The van der Waals surface area contributed by atoms with Crippen molar-refractivity contribution in [1.29, 1.82) is 0 Å². The van der Waals surface area contributed by atoms with Crippen molar-refractivity contribution in [2.24, 2.45) is 5.73 Å². The van der Waals surface area contributed by atoms with Gasteiger partial charge in [-0.05, 0) is 0 Å². The van der Waals surface area contributed by atoms with E-state index in [1.807, 2.05) is 0 Å². The van der Waals surface area contributed by atoms with Crippen LogP contribution in [-0.4, -0.2) is 18.5 Å². The highest BCUT2D eigenvalue weighted by Gasteiger charge is 2.33. The van der Waals surface area contributed by atoms with Gasteiger partial charge >= 0.3 is 6.36 Å². The lowest BCUT2D eigenvalue weighted by atomic mass is 10.2. The maximum atomic E-state index is 12.6. The molecular formula is C9H9F5N2O2. The van der Waals surface area contributed by atoms with Crippen LogP contribution in [0.2, 0.25) is 0 Å². The molecule has 1 rings (SSSR count). The molecule has 0 saturated carbocycles. The Morgan fingerprint density at radius 1 is 1.33 bits per heavy atom. The van der Waals surface area contributed by atoms with Gasteiger partial charge in [0.25, 0.3) is 6.43 Å². The predicted octanol–water partition coefficient (Wildman–Crippen LogP) is 2.39.